The van der Waals surface area contributed by atoms with Crippen LogP contribution in [0.15, 0.2) is 29.3 Å². The normalized spacial score (nSPS) is 20.5. The number of fused-ring (bicyclic) bond motifs is 1. The lowest BCUT2D eigenvalue weighted by Crippen LogP contribution is -2.44. The van der Waals surface area contributed by atoms with Gasteiger partial charge in [0.2, 0.25) is 4.96 Å². The predicted molar refractivity (Wildman–Crippen MR) is 121 cm³/mol. The van der Waals surface area contributed by atoms with Crippen molar-refractivity contribution in [1.82, 2.24) is 19.5 Å². The van der Waals surface area contributed by atoms with Crippen LogP contribution < -0.4 is 4.74 Å². The van der Waals surface area contributed by atoms with Gasteiger partial charge >= 0.3 is 0 Å². The fourth-order valence-electron chi connectivity index (χ4n) is 4.45. The average molecular weight is 479 g/mol. The number of ether oxygens (including phenoxy) is 1. The van der Waals surface area contributed by atoms with Gasteiger partial charge in [-0.25, -0.2) is 22.3 Å². The molecule has 0 N–H and O–H groups in total. The molecule has 0 bridgehead atoms. The van der Waals surface area contributed by atoms with Crippen LogP contribution in [0.5, 0.6) is 5.19 Å². The summed E-state index contributed by atoms with van der Waals surface area (Å²) in [5.41, 5.74) is 1.08. The van der Waals surface area contributed by atoms with E-state index >= 15 is 0 Å². The number of hydrogen-bond donors (Lipinski definition) is 0. The van der Waals surface area contributed by atoms with Crippen molar-refractivity contribution >= 4 is 26.1 Å². The zero-order valence-corrected chi connectivity index (χ0v) is 20.0. The van der Waals surface area contributed by atoms with Crippen molar-refractivity contribution in [2.24, 2.45) is 5.92 Å². The Labute approximate surface area is 191 Å². The lowest BCUT2D eigenvalue weighted by molar-refractivity contribution is 0.0654. The molecule has 172 valence electrons. The highest BCUT2D eigenvalue weighted by molar-refractivity contribution is 7.90. The number of hydrogen-bond acceptors (Lipinski definition) is 7. The molecule has 2 aliphatic rings. The van der Waals surface area contributed by atoms with E-state index in [-0.39, 0.29) is 16.6 Å². The molecular weight excluding hydrogens is 451 g/mol. The summed E-state index contributed by atoms with van der Waals surface area (Å²) in [7, 11) is -3.47. The molecule has 7 nitrogen and oxygen atoms in total. The third kappa shape index (κ3) is 4.15. The van der Waals surface area contributed by atoms with Crippen LogP contribution in [-0.4, -0.2) is 58.9 Å². The Morgan fingerprint density at radius 1 is 1.28 bits per heavy atom. The summed E-state index contributed by atoms with van der Waals surface area (Å²) in [5.74, 6) is -0.127. The van der Waals surface area contributed by atoms with Crippen molar-refractivity contribution in [2.45, 2.75) is 56.1 Å². The van der Waals surface area contributed by atoms with Crippen LogP contribution in [0.25, 0.3) is 16.2 Å². The number of benzene rings is 1. The van der Waals surface area contributed by atoms with Crippen molar-refractivity contribution in [1.29, 1.82) is 0 Å². The lowest BCUT2D eigenvalue weighted by atomic mass is 9.91. The minimum absolute atomic E-state index is 0.0559. The van der Waals surface area contributed by atoms with Crippen molar-refractivity contribution in [3.8, 4) is 16.5 Å². The molecule has 1 saturated heterocycles. The Balaban J connectivity index is 1.26. The molecule has 1 aromatic carbocycles. The van der Waals surface area contributed by atoms with Crippen LogP contribution in [-0.2, 0) is 9.84 Å². The van der Waals surface area contributed by atoms with Gasteiger partial charge in [0, 0.05) is 17.4 Å². The van der Waals surface area contributed by atoms with Crippen molar-refractivity contribution in [3.63, 3.8) is 0 Å². The minimum Gasteiger partial charge on any atom is -0.466 e. The van der Waals surface area contributed by atoms with Gasteiger partial charge in [-0.15, -0.1) is 5.10 Å². The Kier molecular flexibility index (Phi) is 5.29. The summed E-state index contributed by atoms with van der Waals surface area (Å²) in [6.07, 6.45) is 7.65. The first-order chi connectivity index (χ1) is 15.1. The lowest BCUT2D eigenvalue weighted by Gasteiger charge is -2.38. The molecule has 1 atom stereocenters. The smallest absolute Gasteiger partial charge is 0.294 e. The van der Waals surface area contributed by atoms with Crippen LogP contribution in [0.4, 0.5) is 4.39 Å². The molecule has 10 heteroatoms. The van der Waals surface area contributed by atoms with Crippen LogP contribution in [0.1, 0.15) is 39.5 Å². The molecule has 0 spiro atoms. The monoisotopic (exact) mass is 478 g/mol. The van der Waals surface area contributed by atoms with Crippen LogP contribution in [0, 0.1) is 11.7 Å². The van der Waals surface area contributed by atoms with Crippen molar-refractivity contribution < 1.29 is 17.5 Å². The maximum atomic E-state index is 14.5. The van der Waals surface area contributed by atoms with E-state index in [0.717, 1.165) is 38.3 Å². The van der Waals surface area contributed by atoms with Gasteiger partial charge in [0.15, 0.2) is 9.84 Å². The van der Waals surface area contributed by atoms with Gasteiger partial charge in [-0.05, 0) is 88.1 Å². The molecule has 3 aromatic rings. The molecule has 0 amide bonds. The van der Waals surface area contributed by atoms with Gasteiger partial charge in [-0.3, -0.25) is 4.90 Å². The van der Waals surface area contributed by atoms with Gasteiger partial charge < -0.3 is 4.74 Å². The maximum Gasteiger partial charge on any atom is 0.294 e. The number of aromatic nitrogens is 3. The Bertz CT molecular complexity index is 1230. The number of halogens is 1. The molecule has 1 unspecified atom stereocenters. The molecule has 5 rings (SSSR count). The van der Waals surface area contributed by atoms with Gasteiger partial charge in [0.05, 0.1) is 16.8 Å². The molecule has 2 aromatic heterocycles. The van der Waals surface area contributed by atoms with Crippen molar-refractivity contribution in [2.75, 3.05) is 19.3 Å². The molecule has 1 saturated carbocycles. The standard InChI is InChI=1S/C22H27FN4O3S2/c1-14(15-6-10-26(11-7-15)22(2)8-9-22)30-21-25-27-13-19(24-20(27)31-21)17-5-4-16(12-18(17)23)32(3,28)29/h4-5,12-15H,6-11H2,1-3H3. The minimum atomic E-state index is -3.47. The molecule has 2 fully saturated rings. The van der Waals surface area contributed by atoms with E-state index in [4.69, 9.17) is 4.74 Å². The van der Waals surface area contributed by atoms with Gasteiger partial charge in [-0.2, -0.15) is 0 Å². The zero-order valence-electron chi connectivity index (χ0n) is 18.4. The molecule has 0 radical (unpaired) electrons. The quantitative estimate of drug-likeness (QED) is 0.532. The SMILES string of the molecule is CC(Oc1nn2cc(-c3ccc(S(C)(=O)=O)cc3F)nc2s1)C1CCN(C2(C)CC2)CC1. The highest BCUT2D eigenvalue weighted by Crippen LogP contribution is 2.43. The number of rotatable bonds is 6. The summed E-state index contributed by atoms with van der Waals surface area (Å²) in [4.78, 5) is 7.63. The third-order valence-electron chi connectivity index (χ3n) is 6.90. The summed E-state index contributed by atoms with van der Waals surface area (Å²) in [6, 6.07) is 3.85. The zero-order chi connectivity index (χ0) is 22.7. The first-order valence-electron chi connectivity index (χ1n) is 10.9. The Hall–Kier alpha value is -2.04. The van der Waals surface area contributed by atoms with Gasteiger partial charge in [0.25, 0.3) is 5.19 Å². The van der Waals surface area contributed by atoms with E-state index in [9.17, 15) is 12.8 Å². The van der Waals surface area contributed by atoms with Crippen molar-refractivity contribution in [3.05, 3.63) is 30.2 Å². The molecular formula is C22H27FN4O3S2. The third-order valence-corrected chi connectivity index (χ3v) is 8.82. The number of likely N-dealkylation sites (tertiary alicyclic amines) is 1. The summed E-state index contributed by atoms with van der Waals surface area (Å²) in [6.45, 7) is 6.72. The van der Waals surface area contributed by atoms with E-state index in [1.54, 1.807) is 10.7 Å². The summed E-state index contributed by atoms with van der Waals surface area (Å²) >= 11 is 1.32. The first kappa shape index (κ1) is 21.8. The van der Waals surface area contributed by atoms with Crippen LogP contribution in [0.2, 0.25) is 0 Å². The second-order valence-corrected chi connectivity index (χ2v) is 12.2. The first-order valence-corrected chi connectivity index (χ1v) is 13.6. The van der Waals surface area contributed by atoms with Crippen LogP contribution in [0.3, 0.4) is 0 Å². The van der Waals surface area contributed by atoms with Crippen LogP contribution >= 0.6 is 11.3 Å². The van der Waals surface area contributed by atoms with E-state index < -0.39 is 15.7 Å². The molecule has 1 aliphatic carbocycles. The molecule has 32 heavy (non-hydrogen) atoms. The number of nitrogens with zero attached hydrogens (tertiary/aromatic N) is 4. The van der Waals surface area contributed by atoms with Gasteiger partial charge in [-0.1, -0.05) is 0 Å². The topological polar surface area (TPSA) is 76.8 Å². The van der Waals surface area contributed by atoms with E-state index in [2.05, 4.69) is 28.8 Å². The summed E-state index contributed by atoms with van der Waals surface area (Å²) < 4.78 is 45.5. The maximum absolute atomic E-state index is 14.5. The second-order valence-electron chi connectivity index (χ2n) is 9.28. The largest absolute Gasteiger partial charge is 0.466 e. The van der Waals surface area contributed by atoms with E-state index in [1.807, 2.05) is 0 Å². The Morgan fingerprint density at radius 3 is 2.59 bits per heavy atom. The average Bonchev–Trinajstić information content (AvgIpc) is 3.20. The number of sulfone groups is 1. The molecule has 3 heterocycles. The Morgan fingerprint density at radius 2 is 2.00 bits per heavy atom. The van der Waals surface area contributed by atoms with E-state index in [0.29, 0.717) is 27.3 Å². The fraction of sp³-hybridized carbons (Fsp3) is 0.545. The predicted octanol–water partition coefficient (Wildman–Crippen LogP) is 4.03. The summed E-state index contributed by atoms with van der Waals surface area (Å²) in [5, 5.41) is 5.02. The fourth-order valence-corrected chi connectivity index (χ4v) is 5.90. The number of piperidine rings is 1. The van der Waals surface area contributed by atoms with Gasteiger partial charge in [0.1, 0.15) is 11.9 Å². The highest BCUT2D eigenvalue weighted by atomic mass is 32.2. The highest BCUT2D eigenvalue weighted by Gasteiger charge is 2.44. The van der Waals surface area contributed by atoms with E-state index in [1.165, 1.54) is 36.3 Å². The molecule has 1 aliphatic heterocycles. The second kappa shape index (κ2) is 7.78. The number of imidazole rings is 1.